The molecule has 0 atom stereocenters. The third kappa shape index (κ3) is 6.60. The minimum Gasteiger partial charge on any atom is -0.491 e. The number of nitrogens with zero attached hydrogens (tertiary/aromatic N) is 2. The molecule has 0 amide bonds. The van der Waals surface area contributed by atoms with Gasteiger partial charge in [-0.15, -0.1) is 0 Å². The second kappa shape index (κ2) is 16.1. The summed E-state index contributed by atoms with van der Waals surface area (Å²) in [5.74, 6) is -11.2. The average molecular weight is 879 g/mol. The largest absolute Gasteiger partial charge is 0.491 e. The van der Waals surface area contributed by atoms with Crippen LogP contribution < -0.4 is 18.9 Å². The molecule has 0 fully saturated rings. The molecule has 8 nitrogen and oxygen atoms in total. The van der Waals surface area contributed by atoms with Gasteiger partial charge in [-0.2, -0.15) is 0 Å². The Hall–Kier alpha value is -7.88. The highest BCUT2D eigenvalue weighted by Gasteiger charge is 2.27. The Bertz CT molecular complexity index is 2910. The molecule has 2 N–H and O–H groups in total. The monoisotopic (exact) mass is 878 g/mol. The lowest BCUT2D eigenvalue weighted by atomic mass is 10.0. The predicted octanol–water partition coefficient (Wildman–Crippen LogP) is 12.5. The molecule has 16 heteroatoms. The third-order valence-electron chi connectivity index (χ3n) is 10.8. The van der Waals surface area contributed by atoms with Crippen LogP contribution in [-0.4, -0.2) is 48.4 Å². The summed E-state index contributed by atoms with van der Waals surface area (Å²) in [7, 11) is 4.37. The van der Waals surface area contributed by atoms with Gasteiger partial charge in [0, 0.05) is 66.6 Å². The molecular weight excluding hydrogens is 849 g/mol. The zero-order valence-electron chi connectivity index (χ0n) is 33.8. The van der Waals surface area contributed by atoms with Gasteiger partial charge in [-0.25, -0.2) is 45.1 Å². The first-order valence-electron chi connectivity index (χ1n) is 19.1. The van der Waals surface area contributed by atoms with Gasteiger partial charge in [0.05, 0.1) is 51.2 Å². The van der Waals surface area contributed by atoms with Crippen LogP contribution in [0.15, 0.2) is 72.8 Å². The maximum Gasteiger partial charge on any atom is 0.191 e. The zero-order chi connectivity index (χ0) is 45.1. The Balaban J connectivity index is 1.52. The summed E-state index contributed by atoms with van der Waals surface area (Å²) in [6, 6.07) is 14.7. The van der Waals surface area contributed by atoms with Gasteiger partial charge in [-0.05, 0) is 97.1 Å². The molecule has 0 spiro atoms. The SMILES string of the molecule is COc1c(F)ccc(-c2c3nc(c(-c4ccc(F)c(OC)c4F)c4ccc([nH]4)c(-c4ccc(F)c(OC)c4F)c4nc(c(-c5ccc(F)c(OC)c5F)c5ccc2[nH]5)C=C4)C=C3)c1F. The van der Waals surface area contributed by atoms with Gasteiger partial charge in [0.15, 0.2) is 69.5 Å². The van der Waals surface area contributed by atoms with E-state index < -0.39 is 69.5 Å². The number of hydrogen-bond donors (Lipinski definition) is 2. The van der Waals surface area contributed by atoms with Crippen molar-refractivity contribution in [3.8, 4) is 67.5 Å². The van der Waals surface area contributed by atoms with E-state index in [-0.39, 0.29) is 89.4 Å². The van der Waals surface area contributed by atoms with E-state index in [2.05, 4.69) is 9.97 Å². The Morgan fingerprint density at radius 3 is 0.750 bits per heavy atom. The van der Waals surface area contributed by atoms with Crippen molar-refractivity contribution in [3.05, 3.63) is 142 Å². The van der Waals surface area contributed by atoms with Crippen LogP contribution in [0.4, 0.5) is 35.1 Å². The molecule has 0 unspecified atom stereocenters. The molecule has 5 heterocycles. The van der Waals surface area contributed by atoms with Gasteiger partial charge >= 0.3 is 0 Å². The first kappa shape index (κ1) is 41.5. The molecule has 0 aliphatic carbocycles. The summed E-state index contributed by atoms with van der Waals surface area (Å²) in [6.45, 7) is 0. The number of nitrogens with one attached hydrogen (secondary N) is 2. The number of hydrogen-bond acceptors (Lipinski definition) is 6. The highest BCUT2D eigenvalue weighted by Crippen LogP contribution is 2.44. The first-order valence-corrected chi connectivity index (χ1v) is 19.1. The lowest BCUT2D eigenvalue weighted by molar-refractivity contribution is 0.360. The summed E-state index contributed by atoms with van der Waals surface area (Å²) < 4.78 is 146. The van der Waals surface area contributed by atoms with Crippen LogP contribution in [0, 0.1) is 46.5 Å². The second-order valence-corrected chi connectivity index (χ2v) is 14.3. The van der Waals surface area contributed by atoms with Crippen LogP contribution in [0.1, 0.15) is 22.8 Å². The fraction of sp³-hybridized carbons (Fsp3) is 0.0833. The molecular formula is C48H30F8N4O4. The van der Waals surface area contributed by atoms with Crippen LogP contribution in [-0.2, 0) is 0 Å². The molecule has 322 valence electrons. The van der Waals surface area contributed by atoms with Crippen LogP contribution >= 0.6 is 0 Å². The molecule has 0 saturated heterocycles. The molecule has 0 saturated carbocycles. The Morgan fingerprint density at radius 1 is 0.328 bits per heavy atom. The fourth-order valence-corrected chi connectivity index (χ4v) is 7.99. The smallest absolute Gasteiger partial charge is 0.191 e. The van der Waals surface area contributed by atoms with Crippen LogP contribution in [0.5, 0.6) is 23.0 Å². The first-order chi connectivity index (χ1) is 30.9. The normalized spacial score (nSPS) is 11.9. The number of rotatable bonds is 8. The lowest BCUT2D eigenvalue weighted by Crippen LogP contribution is -1.98. The molecule has 3 aromatic heterocycles. The quantitative estimate of drug-likeness (QED) is 0.148. The molecule has 9 rings (SSSR count). The van der Waals surface area contributed by atoms with Crippen LogP contribution in [0.25, 0.3) is 90.9 Å². The summed E-state index contributed by atoms with van der Waals surface area (Å²) in [5, 5.41) is 0. The van der Waals surface area contributed by atoms with E-state index in [1.807, 2.05) is 0 Å². The Morgan fingerprint density at radius 2 is 0.547 bits per heavy atom. The average Bonchev–Trinajstić information content (AvgIpc) is 4.12. The Labute approximate surface area is 357 Å². The van der Waals surface area contributed by atoms with Gasteiger partial charge in [-0.1, -0.05) is 0 Å². The van der Waals surface area contributed by atoms with E-state index in [0.29, 0.717) is 0 Å². The van der Waals surface area contributed by atoms with E-state index in [1.54, 1.807) is 0 Å². The minimum absolute atomic E-state index is 0.0353. The lowest BCUT2D eigenvalue weighted by Gasteiger charge is -2.12. The molecule has 2 aliphatic heterocycles. The van der Waals surface area contributed by atoms with Crippen molar-refractivity contribution in [1.82, 2.24) is 19.9 Å². The number of methoxy groups -OCH3 is 4. The van der Waals surface area contributed by atoms with Crippen molar-refractivity contribution in [2.45, 2.75) is 0 Å². The number of ether oxygens (including phenoxy) is 4. The highest BCUT2D eigenvalue weighted by molar-refractivity contribution is 6.00. The number of benzene rings is 4. The van der Waals surface area contributed by atoms with Gasteiger partial charge in [-0.3, -0.25) is 0 Å². The number of halogens is 8. The van der Waals surface area contributed by atoms with Crippen LogP contribution in [0.2, 0.25) is 0 Å². The second-order valence-electron chi connectivity index (χ2n) is 14.3. The predicted molar refractivity (Wildman–Crippen MR) is 226 cm³/mol. The maximum absolute atomic E-state index is 16.4. The molecule has 2 aliphatic rings. The van der Waals surface area contributed by atoms with Crippen molar-refractivity contribution in [1.29, 1.82) is 0 Å². The topological polar surface area (TPSA) is 94.3 Å². The van der Waals surface area contributed by atoms with Crippen molar-refractivity contribution in [2.75, 3.05) is 28.4 Å². The van der Waals surface area contributed by atoms with Gasteiger partial charge < -0.3 is 28.9 Å². The molecule has 7 aromatic rings. The van der Waals surface area contributed by atoms with E-state index in [4.69, 9.17) is 28.9 Å². The third-order valence-corrected chi connectivity index (χ3v) is 10.8. The van der Waals surface area contributed by atoms with E-state index in [0.717, 1.165) is 52.7 Å². The zero-order valence-corrected chi connectivity index (χ0v) is 33.8. The number of fused-ring (bicyclic) bond motifs is 8. The van der Waals surface area contributed by atoms with E-state index in [1.165, 1.54) is 72.8 Å². The number of aromatic nitrogens is 4. The van der Waals surface area contributed by atoms with E-state index >= 15 is 17.6 Å². The number of H-pyrrole nitrogens is 2. The minimum atomic E-state index is -1.10. The van der Waals surface area contributed by atoms with E-state index in [9.17, 15) is 17.6 Å². The van der Waals surface area contributed by atoms with Gasteiger partial charge in [0.2, 0.25) is 0 Å². The van der Waals surface area contributed by atoms with Gasteiger partial charge in [0.25, 0.3) is 0 Å². The number of aromatic amines is 2. The standard InChI is InChI=1S/C48H30F8N4O4/c1-61-45-25(49)9-5-21(41(45)53)37-29-13-15-31(57-29)38(22-6-10-26(50)46(62-2)42(22)54)33-17-19-35(59-33)40(24-8-12-28(52)48(64-4)44(24)56)36-20-18-34(60-36)39(32-16-14-30(37)58-32)23-7-11-27(51)47(63-3)43(23)55/h5-20,57,60H,1-4H3. The molecule has 0 radical (unpaired) electrons. The summed E-state index contributed by atoms with van der Waals surface area (Å²) in [5.41, 5.74) is 0.142. The van der Waals surface area contributed by atoms with Crippen molar-refractivity contribution >= 4 is 46.4 Å². The van der Waals surface area contributed by atoms with Crippen molar-refractivity contribution < 1.29 is 54.1 Å². The fourth-order valence-electron chi connectivity index (χ4n) is 7.99. The summed E-state index contributed by atoms with van der Waals surface area (Å²) in [6.07, 6.45) is 5.94. The highest BCUT2D eigenvalue weighted by atomic mass is 19.2. The maximum atomic E-state index is 16.4. The van der Waals surface area contributed by atoms with Crippen molar-refractivity contribution in [2.24, 2.45) is 0 Å². The molecule has 4 aromatic carbocycles. The summed E-state index contributed by atoms with van der Waals surface area (Å²) in [4.78, 5) is 16.0. The Kier molecular flexibility index (Phi) is 10.4. The molecule has 64 heavy (non-hydrogen) atoms. The van der Waals surface area contributed by atoms with Crippen LogP contribution in [0.3, 0.4) is 0 Å². The summed E-state index contributed by atoms with van der Waals surface area (Å²) >= 11 is 0. The van der Waals surface area contributed by atoms with Crippen molar-refractivity contribution in [3.63, 3.8) is 0 Å². The molecule has 8 bridgehead atoms. The van der Waals surface area contributed by atoms with Gasteiger partial charge in [0.1, 0.15) is 0 Å².